The Morgan fingerprint density at radius 2 is 1.48 bits per heavy atom. The normalized spacial score (nSPS) is 11.5. The molecule has 0 saturated carbocycles. The molecule has 0 bridgehead atoms. The van der Waals surface area contributed by atoms with E-state index in [-0.39, 0.29) is 11.3 Å². The molecule has 0 aliphatic rings. The number of rotatable bonds is 6. The Hall–Kier alpha value is -3.83. The Bertz CT molecular complexity index is 1170. The third-order valence-electron chi connectivity index (χ3n) is 4.64. The van der Waals surface area contributed by atoms with Gasteiger partial charge in [-0.15, -0.1) is 0 Å². The molecule has 0 fully saturated rings. The third-order valence-corrected chi connectivity index (χ3v) is 4.89. The standard InChI is InChI=1S/C25H18ClNO4/c26-19-14-12-18(13-15-19)23(17-7-2-1-3-8-17)31-25(29)20-9-4-5-10-21(20)27-24(28)22-11-6-16-30-22/h1-16,23H,(H,27,28)/t23-/m1/s1. The van der Waals surface area contributed by atoms with E-state index in [0.29, 0.717) is 10.7 Å². The van der Waals surface area contributed by atoms with Crippen LogP contribution in [0.2, 0.25) is 5.02 Å². The number of para-hydroxylation sites is 1. The first-order chi connectivity index (χ1) is 15.1. The molecule has 0 unspecified atom stereocenters. The van der Waals surface area contributed by atoms with Gasteiger partial charge in [-0.2, -0.15) is 0 Å². The molecule has 31 heavy (non-hydrogen) atoms. The molecule has 0 saturated heterocycles. The first-order valence-electron chi connectivity index (χ1n) is 9.57. The number of ether oxygens (including phenoxy) is 1. The van der Waals surface area contributed by atoms with E-state index < -0.39 is 18.0 Å². The van der Waals surface area contributed by atoms with Crippen molar-refractivity contribution in [3.63, 3.8) is 0 Å². The molecular formula is C25H18ClNO4. The molecule has 0 aliphatic heterocycles. The number of nitrogens with one attached hydrogen (secondary N) is 1. The van der Waals surface area contributed by atoms with Crippen LogP contribution in [0.5, 0.6) is 0 Å². The van der Waals surface area contributed by atoms with Crippen molar-refractivity contribution in [1.82, 2.24) is 0 Å². The van der Waals surface area contributed by atoms with E-state index in [2.05, 4.69) is 5.32 Å². The molecule has 0 spiro atoms. The highest BCUT2D eigenvalue weighted by Gasteiger charge is 2.23. The van der Waals surface area contributed by atoms with Gasteiger partial charge in [-0.25, -0.2) is 4.79 Å². The van der Waals surface area contributed by atoms with Crippen molar-refractivity contribution in [1.29, 1.82) is 0 Å². The summed E-state index contributed by atoms with van der Waals surface area (Å²) >= 11 is 6.02. The van der Waals surface area contributed by atoms with Gasteiger partial charge in [0.2, 0.25) is 0 Å². The van der Waals surface area contributed by atoms with Crippen LogP contribution in [0.25, 0.3) is 0 Å². The molecule has 1 aromatic heterocycles. The van der Waals surface area contributed by atoms with Crippen molar-refractivity contribution >= 4 is 29.2 Å². The second-order valence-corrected chi connectivity index (χ2v) is 7.16. The highest BCUT2D eigenvalue weighted by atomic mass is 35.5. The van der Waals surface area contributed by atoms with Crippen LogP contribution in [0.15, 0.2) is 102 Å². The summed E-state index contributed by atoms with van der Waals surface area (Å²) < 4.78 is 11.0. The fraction of sp³-hybridized carbons (Fsp3) is 0.0400. The van der Waals surface area contributed by atoms with E-state index in [1.807, 2.05) is 42.5 Å². The Morgan fingerprint density at radius 1 is 0.806 bits per heavy atom. The molecule has 0 radical (unpaired) electrons. The van der Waals surface area contributed by atoms with E-state index in [0.717, 1.165) is 11.1 Å². The smallest absolute Gasteiger partial charge is 0.341 e. The van der Waals surface area contributed by atoms with Crippen LogP contribution in [0.4, 0.5) is 5.69 Å². The van der Waals surface area contributed by atoms with Crippen LogP contribution in [-0.4, -0.2) is 11.9 Å². The second-order valence-electron chi connectivity index (χ2n) is 6.72. The lowest BCUT2D eigenvalue weighted by Gasteiger charge is -2.20. The number of hydrogen-bond acceptors (Lipinski definition) is 4. The van der Waals surface area contributed by atoms with E-state index in [1.165, 1.54) is 6.26 Å². The van der Waals surface area contributed by atoms with Crippen LogP contribution in [0.3, 0.4) is 0 Å². The summed E-state index contributed by atoms with van der Waals surface area (Å²) in [6, 6.07) is 26.4. The lowest BCUT2D eigenvalue weighted by molar-refractivity contribution is 0.0379. The van der Waals surface area contributed by atoms with Crippen LogP contribution < -0.4 is 5.32 Å². The maximum atomic E-state index is 13.1. The number of halogens is 1. The molecule has 1 heterocycles. The lowest BCUT2D eigenvalue weighted by atomic mass is 10.0. The summed E-state index contributed by atoms with van der Waals surface area (Å²) in [6.07, 6.45) is 0.769. The summed E-state index contributed by atoms with van der Waals surface area (Å²) in [5.74, 6) is -0.881. The largest absolute Gasteiger partial charge is 0.459 e. The van der Waals surface area contributed by atoms with Gasteiger partial charge in [0.1, 0.15) is 0 Å². The minimum atomic E-state index is -0.639. The average Bonchev–Trinajstić information content (AvgIpc) is 3.34. The minimum Gasteiger partial charge on any atom is -0.459 e. The van der Waals surface area contributed by atoms with Gasteiger partial charge in [-0.1, -0.05) is 66.2 Å². The monoisotopic (exact) mass is 431 g/mol. The van der Waals surface area contributed by atoms with E-state index in [1.54, 1.807) is 48.5 Å². The maximum Gasteiger partial charge on any atom is 0.341 e. The Labute approximate surface area is 184 Å². The first-order valence-corrected chi connectivity index (χ1v) is 9.95. The molecule has 6 heteroatoms. The number of esters is 1. The zero-order chi connectivity index (χ0) is 21.6. The van der Waals surface area contributed by atoms with Crippen molar-refractivity contribution in [2.45, 2.75) is 6.10 Å². The Morgan fingerprint density at radius 3 is 2.19 bits per heavy atom. The van der Waals surface area contributed by atoms with Crippen molar-refractivity contribution in [2.75, 3.05) is 5.32 Å². The van der Waals surface area contributed by atoms with Gasteiger partial charge in [0.25, 0.3) is 5.91 Å². The number of benzene rings is 3. The first kappa shape index (κ1) is 20.4. The molecule has 1 amide bonds. The molecular weight excluding hydrogens is 414 g/mol. The van der Waals surface area contributed by atoms with Gasteiger partial charge >= 0.3 is 5.97 Å². The van der Waals surface area contributed by atoms with Crippen molar-refractivity contribution in [3.05, 3.63) is 125 Å². The quantitative estimate of drug-likeness (QED) is 0.373. The third kappa shape index (κ3) is 4.85. The van der Waals surface area contributed by atoms with E-state index in [9.17, 15) is 9.59 Å². The SMILES string of the molecule is O=C(Nc1ccccc1C(=O)O[C@H](c1ccccc1)c1ccc(Cl)cc1)c1ccco1. The number of amides is 1. The summed E-state index contributed by atoms with van der Waals surface area (Å²) in [7, 11) is 0. The van der Waals surface area contributed by atoms with Gasteiger partial charge in [0.15, 0.2) is 11.9 Å². The van der Waals surface area contributed by atoms with Crippen LogP contribution in [0, 0.1) is 0 Å². The van der Waals surface area contributed by atoms with Gasteiger partial charge in [-0.3, -0.25) is 4.79 Å². The van der Waals surface area contributed by atoms with E-state index in [4.69, 9.17) is 20.8 Å². The molecule has 3 aromatic carbocycles. The summed E-state index contributed by atoms with van der Waals surface area (Å²) in [4.78, 5) is 25.5. The fourth-order valence-electron chi connectivity index (χ4n) is 3.13. The molecule has 5 nitrogen and oxygen atoms in total. The number of anilines is 1. The fourth-order valence-corrected chi connectivity index (χ4v) is 3.25. The van der Waals surface area contributed by atoms with Crippen LogP contribution in [-0.2, 0) is 4.74 Å². The number of carbonyl (C=O) groups is 2. The van der Waals surface area contributed by atoms with Gasteiger partial charge < -0.3 is 14.5 Å². The Balaban J connectivity index is 1.62. The predicted octanol–water partition coefficient (Wildman–Crippen LogP) is 6.13. The highest BCUT2D eigenvalue weighted by Crippen LogP contribution is 2.29. The second kappa shape index (κ2) is 9.32. The minimum absolute atomic E-state index is 0.145. The Kier molecular flexibility index (Phi) is 6.15. The topological polar surface area (TPSA) is 68.5 Å². The molecule has 154 valence electrons. The number of furan rings is 1. The summed E-state index contributed by atoms with van der Waals surface area (Å²) in [5.41, 5.74) is 2.16. The van der Waals surface area contributed by atoms with Gasteiger partial charge in [-0.05, 0) is 47.5 Å². The van der Waals surface area contributed by atoms with Gasteiger partial charge in [0.05, 0.1) is 17.5 Å². The average molecular weight is 432 g/mol. The van der Waals surface area contributed by atoms with Crippen molar-refractivity contribution < 1.29 is 18.7 Å². The molecule has 4 aromatic rings. The zero-order valence-corrected chi connectivity index (χ0v) is 17.1. The lowest BCUT2D eigenvalue weighted by Crippen LogP contribution is -2.17. The summed E-state index contributed by atoms with van der Waals surface area (Å²) in [5, 5.41) is 3.29. The number of carbonyl (C=O) groups excluding carboxylic acids is 2. The molecule has 1 N–H and O–H groups in total. The zero-order valence-electron chi connectivity index (χ0n) is 16.3. The molecule has 1 atom stereocenters. The molecule has 0 aliphatic carbocycles. The van der Waals surface area contributed by atoms with Crippen LogP contribution >= 0.6 is 11.6 Å². The van der Waals surface area contributed by atoms with E-state index >= 15 is 0 Å². The van der Waals surface area contributed by atoms with Crippen molar-refractivity contribution in [3.8, 4) is 0 Å². The van der Waals surface area contributed by atoms with Crippen LogP contribution in [0.1, 0.15) is 38.1 Å². The van der Waals surface area contributed by atoms with Gasteiger partial charge in [0, 0.05) is 5.02 Å². The van der Waals surface area contributed by atoms with Crippen molar-refractivity contribution in [2.24, 2.45) is 0 Å². The summed E-state index contributed by atoms with van der Waals surface area (Å²) in [6.45, 7) is 0. The molecule has 4 rings (SSSR count). The maximum absolute atomic E-state index is 13.1. The number of hydrogen-bond donors (Lipinski definition) is 1. The highest BCUT2D eigenvalue weighted by molar-refractivity contribution is 6.30. The predicted molar refractivity (Wildman–Crippen MR) is 118 cm³/mol.